The molecular formula is C13H23N3. The minimum Gasteiger partial charge on any atom is -0.307 e. The third-order valence-corrected chi connectivity index (χ3v) is 3.68. The topological polar surface area (TPSA) is 29.9 Å². The van der Waals surface area contributed by atoms with E-state index in [1.807, 2.05) is 17.9 Å². The van der Waals surface area contributed by atoms with E-state index in [9.17, 15) is 0 Å². The maximum atomic E-state index is 4.33. The lowest BCUT2D eigenvalue weighted by molar-refractivity contribution is 0.297. The zero-order chi connectivity index (χ0) is 11.4. The second-order valence-corrected chi connectivity index (χ2v) is 4.97. The first-order valence-electron chi connectivity index (χ1n) is 6.51. The van der Waals surface area contributed by atoms with Crippen molar-refractivity contribution in [3.8, 4) is 0 Å². The van der Waals surface area contributed by atoms with Crippen molar-refractivity contribution in [2.24, 2.45) is 7.05 Å². The molecule has 0 bridgehead atoms. The summed E-state index contributed by atoms with van der Waals surface area (Å²) < 4.78 is 1.92. The van der Waals surface area contributed by atoms with Crippen molar-refractivity contribution >= 4 is 0 Å². The summed E-state index contributed by atoms with van der Waals surface area (Å²) in [5.41, 5.74) is 1.57. The smallest absolute Gasteiger partial charge is 0.0540 e. The standard InChI is InChI=1S/C13H23N3/c1-3-7-13(8-5-4-6-9-14-13)12-10-15-16(2)11-12/h10-11,14H,3-9H2,1-2H3. The molecule has 0 aliphatic carbocycles. The van der Waals surface area contributed by atoms with Crippen molar-refractivity contribution in [3.05, 3.63) is 18.0 Å². The Morgan fingerprint density at radius 1 is 1.44 bits per heavy atom. The third kappa shape index (κ3) is 2.29. The molecule has 0 saturated carbocycles. The van der Waals surface area contributed by atoms with Gasteiger partial charge < -0.3 is 5.32 Å². The van der Waals surface area contributed by atoms with E-state index in [2.05, 4.69) is 23.5 Å². The van der Waals surface area contributed by atoms with Crippen molar-refractivity contribution in [3.63, 3.8) is 0 Å². The van der Waals surface area contributed by atoms with E-state index in [4.69, 9.17) is 0 Å². The molecule has 2 heterocycles. The van der Waals surface area contributed by atoms with Crippen LogP contribution in [0.4, 0.5) is 0 Å². The predicted octanol–water partition coefficient (Wildman–Crippen LogP) is 2.58. The molecule has 1 aliphatic rings. The van der Waals surface area contributed by atoms with E-state index >= 15 is 0 Å². The Bertz CT molecular complexity index is 322. The summed E-state index contributed by atoms with van der Waals surface area (Å²) in [4.78, 5) is 0. The molecule has 1 unspecified atom stereocenters. The Kier molecular flexibility index (Phi) is 3.64. The molecule has 1 aliphatic heterocycles. The highest BCUT2D eigenvalue weighted by Crippen LogP contribution is 2.33. The summed E-state index contributed by atoms with van der Waals surface area (Å²) in [6, 6.07) is 0. The van der Waals surface area contributed by atoms with Gasteiger partial charge in [-0.05, 0) is 25.8 Å². The minimum absolute atomic E-state index is 0.194. The first-order chi connectivity index (χ1) is 7.77. The van der Waals surface area contributed by atoms with Gasteiger partial charge in [-0.2, -0.15) is 5.10 Å². The summed E-state index contributed by atoms with van der Waals surface area (Å²) in [6.45, 7) is 3.42. The maximum Gasteiger partial charge on any atom is 0.0540 e. The minimum atomic E-state index is 0.194. The van der Waals surface area contributed by atoms with Crippen LogP contribution in [0.15, 0.2) is 12.4 Å². The fourth-order valence-electron chi connectivity index (χ4n) is 2.84. The van der Waals surface area contributed by atoms with Gasteiger partial charge in [-0.3, -0.25) is 4.68 Å². The second-order valence-electron chi connectivity index (χ2n) is 4.97. The quantitative estimate of drug-likeness (QED) is 0.850. The van der Waals surface area contributed by atoms with Crippen LogP contribution in [0.3, 0.4) is 0 Å². The zero-order valence-corrected chi connectivity index (χ0v) is 10.5. The van der Waals surface area contributed by atoms with E-state index < -0.39 is 0 Å². The van der Waals surface area contributed by atoms with E-state index in [1.165, 1.54) is 44.1 Å². The van der Waals surface area contributed by atoms with Gasteiger partial charge in [-0.15, -0.1) is 0 Å². The fourth-order valence-corrected chi connectivity index (χ4v) is 2.84. The number of rotatable bonds is 3. The van der Waals surface area contributed by atoms with Crippen molar-refractivity contribution in [2.45, 2.75) is 51.0 Å². The second kappa shape index (κ2) is 5.00. The SMILES string of the molecule is CCCC1(c2cnn(C)c2)CCCCCN1. The molecule has 3 heteroatoms. The molecule has 1 fully saturated rings. The van der Waals surface area contributed by atoms with Gasteiger partial charge in [0, 0.05) is 24.3 Å². The molecule has 0 aromatic carbocycles. The first kappa shape index (κ1) is 11.6. The van der Waals surface area contributed by atoms with Gasteiger partial charge in [0.15, 0.2) is 0 Å². The van der Waals surface area contributed by atoms with Gasteiger partial charge in [-0.1, -0.05) is 26.2 Å². The number of nitrogens with zero attached hydrogens (tertiary/aromatic N) is 2. The molecular weight excluding hydrogens is 198 g/mol. The predicted molar refractivity (Wildman–Crippen MR) is 66.3 cm³/mol. The number of hydrogen-bond donors (Lipinski definition) is 1. The van der Waals surface area contributed by atoms with Gasteiger partial charge >= 0.3 is 0 Å². The van der Waals surface area contributed by atoms with Crippen LogP contribution in [0, 0.1) is 0 Å². The third-order valence-electron chi connectivity index (χ3n) is 3.68. The lowest BCUT2D eigenvalue weighted by Crippen LogP contribution is -2.41. The Morgan fingerprint density at radius 3 is 3.00 bits per heavy atom. The van der Waals surface area contributed by atoms with Crippen LogP contribution in [-0.2, 0) is 12.6 Å². The highest BCUT2D eigenvalue weighted by atomic mass is 15.2. The largest absolute Gasteiger partial charge is 0.307 e. The summed E-state index contributed by atoms with van der Waals surface area (Å²) in [7, 11) is 2.00. The summed E-state index contributed by atoms with van der Waals surface area (Å²) in [5.74, 6) is 0. The van der Waals surface area contributed by atoms with E-state index in [0.29, 0.717) is 0 Å². The van der Waals surface area contributed by atoms with Crippen LogP contribution < -0.4 is 5.32 Å². The molecule has 16 heavy (non-hydrogen) atoms. The lowest BCUT2D eigenvalue weighted by Gasteiger charge is -2.33. The van der Waals surface area contributed by atoms with Gasteiger partial charge in [0.1, 0.15) is 0 Å². The molecule has 1 aromatic rings. The van der Waals surface area contributed by atoms with Crippen molar-refractivity contribution in [2.75, 3.05) is 6.54 Å². The monoisotopic (exact) mass is 221 g/mol. The van der Waals surface area contributed by atoms with Crippen molar-refractivity contribution < 1.29 is 0 Å². The molecule has 0 radical (unpaired) electrons. The van der Waals surface area contributed by atoms with Gasteiger partial charge in [-0.25, -0.2) is 0 Å². The molecule has 1 saturated heterocycles. The molecule has 1 aromatic heterocycles. The number of hydrogen-bond acceptors (Lipinski definition) is 2. The normalized spacial score (nSPS) is 26.6. The van der Waals surface area contributed by atoms with Gasteiger partial charge in [0.2, 0.25) is 0 Å². The van der Waals surface area contributed by atoms with Gasteiger partial charge in [0.25, 0.3) is 0 Å². The maximum absolute atomic E-state index is 4.33. The van der Waals surface area contributed by atoms with E-state index in [0.717, 1.165) is 6.54 Å². The molecule has 1 N–H and O–H groups in total. The van der Waals surface area contributed by atoms with Crippen LogP contribution in [0.25, 0.3) is 0 Å². The molecule has 3 nitrogen and oxygen atoms in total. The average Bonchev–Trinajstić information content (AvgIpc) is 2.57. The number of aromatic nitrogens is 2. The molecule has 0 spiro atoms. The average molecular weight is 221 g/mol. The molecule has 90 valence electrons. The Balaban J connectivity index is 2.25. The Morgan fingerprint density at radius 2 is 2.31 bits per heavy atom. The highest BCUT2D eigenvalue weighted by Gasteiger charge is 2.32. The van der Waals surface area contributed by atoms with E-state index in [1.54, 1.807) is 0 Å². The first-order valence-corrected chi connectivity index (χ1v) is 6.51. The van der Waals surface area contributed by atoms with Crippen LogP contribution >= 0.6 is 0 Å². The summed E-state index contributed by atoms with van der Waals surface area (Å²) in [6.07, 6.45) is 11.9. The highest BCUT2D eigenvalue weighted by molar-refractivity contribution is 5.18. The Labute approximate surface area is 98.2 Å². The van der Waals surface area contributed by atoms with Crippen molar-refractivity contribution in [1.82, 2.24) is 15.1 Å². The van der Waals surface area contributed by atoms with Crippen LogP contribution in [0.5, 0.6) is 0 Å². The fraction of sp³-hybridized carbons (Fsp3) is 0.769. The molecule has 1 atom stereocenters. The lowest BCUT2D eigenvalue weighted by atomic mass is 9.83. The zero-order valence-electron chi connectivity index (χ0n) is 10.5. The van der Waals surface area contributed by atoms with Crippen molar-refractivity contribution in [1.29, 1.82) is 0 Å². The summed E-state index contributed by atoms with van der Waals surface area (Å²) >= 11 is 0. The number of aryl methyl sites for hydroxylation is 1. The van der Waals surface area contributed by atoms with E-state index in [-0.39, 0.29) is 5.54 Å². The Hall–Kier alpha value is -0.830. The van der Waals surface area contributed by atoms with Gasteiger partial charge in [0.05, 0.1) is 6.20 Å². The summed E-state index contributed by atoms with van der Waals surface area (Å²) in [5, 5.41) is 8.10. The number of nitrogens with one attached hydrogen (secondary N) is 1. The van der Waals surface area contributed by atoms with Crippen LogP contribution in [0.2, 0.25) is 0 Å². The van der Waals surface area contributed by atoms with Crippen LogP contribution in [-0.4, -0.2) is 16.3 Å². The van der Waals surface area contributed by atoms with Crippen LogP contribution in [0.1, 0.15) is 51.0 Å². The molecule has 2 rings (SSSR count). The molecule has 0 amide bonds.